The highest BCUT2D eigenvalue weighted by atomic mass is 32.2. The van der Waals surface area contributed by atoms with Crippen LogP contribution in [0.5, 0.6) is 0 Å². The van der Waals surface area contributed by atoms with Gasteiger partial charge < -0.3 is 11.1 Å². The molecule has 1 aromatic rings. The third-order valence-corrected chi connectivity index (χ3v) is 3.61. The van der Waals surface area contributed by atoms with E-state index < -0.39 is 0 Å². The van der Waals surface area contributed by atoms with E-state index in [-0.39, 0.29) is 11.9 Å². The van der Waals surface area contributed by atoms with E-state index in [4.69, 9.17) is 5.73 Å². The molecule has 0 aliphatic carbocycles. The molecule has 0 aliphatic rings. The van der Waals surface area contributed by atoms with Crippen LogP contribution in [0.2, 0.25) is 0 Å². The smallest absolute Gasteiger partial charge is 0.270 e. The highest BCUT2D eigenvalue weighted by Crippen LogP contribution is 2.09. The molecule has 0 aliphatic heterocycles. The van der Waals surface area contributed by atoms with Crippen molar-refractivity contribution in [2.45, 2.75) is 25.9 Å². The van der Waals surface area contributed by atoms with Gasteiger partial charge in [0.2, 0.25) is 0 Å². The molecule has 1 amide bonds. The molecular formula is C10H17N3OS2. The van der Waals surface area contributed by atoms with Crippen molar-refractivity contribution >= 4 is 29.0 Å². The maximum atomic E-state index is 11.7. The van der Waals surface area contributed by atoms with Crippen LogP contribution in [-0.4, -0.2) is 28.9 Å². The van der Waals surface area contributed by atoms with Gasteiger partial charge >= 0.3 is 0 Å². The molecule has 6 heteroatoms. The largest absolute Gasteiger partial charge is 0.348 e. The number of nitrogens with zero attached hydrogens (tertiary/aromatic N) is 1. The minimum Gasteiger partial charge on any atom is -0.348 e. The summed E-state index contributed by atoms with van der Waals surface area (Å²) < 4.78 is 0. The zero-order chi connectivity index (χ0) is 12.0. The molecule has 90 valence electrons. The first-order valence-corrected chi connectivity index (χ1v) is 7.39. The Kier molecular flexibility index (Phi) is 5.79. The fourth-order valence-electron chi connectivity index (χ4n) is 1.17. The van der Waals surface area contributed by atoms with Gasteiger partial charge in [-0.15, -0.1) is 11.3 Å². The van der Waals surface area contributed by atoms with E-state index in [2.05, 4.69) is 16.6 Å². The van der Waals surface area contributed by atoms with Gasteiger partial charge in [0, 0.05) is 18.0 Å². The van der Waals surface area contributed by atoms with Crippen molar-refractivity contribution in [1.29, 1.82) is 0 Å². The number of aromatic nitrogens is 1. The summed E-state index contributed by atoms with van der Waals surface area (Å²) in [4.78, 5) is 15.9. The van der Waals surface area contributed by atoms with Crippen LogP contribution in [0.1, 0.15) is 28.8 Å². The van der Waals surface area contributed by atoms with Crippen molar-refractivity contribution in [1.82, 2.24) is 10.3 Å². The number of carbonyl (C=O) groups excluding carboxylic acids is 1. The molecule has 1 aromatic heterocycles. The van der Waals surface area contributed by atoms with E-state index in [0.29, 0.717) is 12.2 Å². The number of nitrogens with one attached hydrogen (secondary N) is 1. The van der Waals surface area contributed by atoms with Crippen LogP contribution in [0.25, 0.3) is 0 Å². The van der Waals surface area contributed by atoms with Crippen LogP contribution in [0.3, 0.4) is 0 Å². The molecule has 0 fully saturated rings. The van der Waals surface area contributed by atoms with E-state index in [1.807, 2.05) is 6.92 Å². The fraction of sp³-hybridized carbons (Fsp3) is 0.600. The number of amides is 1. The fourth-order valence-corrected chi connectivity index (χ4v) is 2.42. The lowest BCUT2D eigenvalue weighted by Crippen LogP contribution is -2.33. The Hall–Kier alpha value is -0.590. The third kappa shape index (κ3) is 4.11. The monoisotopic (exact) mass is 259 g/mol. The summed E-state index contributed by atoms with van der Waals surface area (Å²) in [5.41, 5.74) is 5.92. The average Bonchev–Trinajstić information content (AvgIpc) is 2.74. The number of hydrogen-bond donors (Lipinski definition) is 2. The number of hydrogen-bond acceptors (Lipinski definition) is 5. The van der Waals surface area contributed by atoms with E-state index >= 15 is 0 Å². The van der Waals surface area contributed by atoms with Crippen LogP contribution in [0.15, 0.2) is 5.38 Å². The minimum absolute atomic E-state index is 0.107. The SMILES string of the molecule is CSCCC(C)NC(=O)c1csc(CN)n1. The number of rotatable bonds is 6. The second-order valence-corrected chi connectivity index (χ2v) is 5.41. The molecule has 1 atom stereocenters. The average molecular weight is 259 g/mol. The Morgan fingerprint density at radius 3 is 3.06 bits per heavy atom. The Morgan fingerprint density at radius 1 is 1.75 bits per heavy atom. The normalized spacial score (nSPS) is 12.4. The summed E-state index contributed by atoms with van der Waals surface area (Å²) in [5, 5.41) is 5.46. The molecule has 3 N–H and O–H groups in total. The van der Waals surface area contributed by atoms with Gasteiger partial charge in [-0.05, 0) is 25.4 Å². The minimum atomic E-state index is -0.107. The van der Waals surface area contributed by atoms with E-state index in [9.17, 15) is 4.79 Å². The predicted octanol–water partition coefficient (Wildman–Crippen LogP) is 1.47. The summed E-state index contributed by atoms with van der Waals surface area (Å²) >= 11 is 3.20. The van der Waals surface area contributed by atoms with Gasteiger partial charge in [-0.25, -0.2) is 4.98 Å². The first-order chi connectivity index (χ1) is 7.67. The van der Waals surface area contributed by atoms with Gasteiger partial charge in [-0.2, -0.15) is 11.8 Å². The summed E-state index contributed by atoms with van der Waals surface area (Å²) in [6, 6.07) is 0.183. The molecule has 0 bridgehead atoms. The number of carbonyl (C=O) groups is 1. The lowest BCUT2D eigenvalue weighted by molar-refractivity contribution is 0.0935. The lowest BCUT2D eigenvalue weighted by Gasteiger charge is -2.11. The van der Waals surface area contributed by atoms with Gasteiger partial charge in [-0.3, -0.25) is 4.79 Å². The van der Waals surface area contributed by atoms with E-state index in [1.54, 1.807) is 17.1 Å². The van der Waals surface area contributed by atoms with Crippen LogP contribution in [-0.2, 0) is 6.54 Å². The van der Waals surface area contributed by atoms with Crippen molar-refractivity contribution in [2.24, 2.45) is 5.73 Å². The molecule has 1 unspecified atom stereocenters. The summed E-state index contributed by atoms with van der Waals surface area (Å²) in [6.07, 6.45) is 3.03. The standard InChI is InChI=1S/C10H17N3OS2/c1-7(3-4-15-2)12-10(14)8-6-16-9(5-11)13-8/h6-7H,3-5,11H2,1-2H3,(H,12,14). The zero-order valence-electron chi connectivity index (χ0n) is 9.53. The van der Waals surface area contributed by atoms with Crippen LogP contribution in [0, 0.1) is 0 Å². The maximum Gasteiger partial charge on any atom is 0.270 e. The predicted molar refractivity (Wildman–Crippen MR) is 69.9 cm³/mol. The van der Waals surface area contributed by atoms with Gasteiger partial charge in [0.25, 0.3) is 5.91 Å². The molecule has 0 aromatic carbocycles. The van der Waals surface area contributed by atoms with Crippen molar-refractivity contribution in [3.05, 3.63) is 16.1 Å². The third-order valence-electron chi connectivity index (χ3n) is 2.09. The number of thioether (sulfide) groups is 1. The lowest BCUT2D eigenvalue weighted by atomic mass is 10.2. The molecule has 1 heterocycles. The summed E-state index contributed by atoms with van der Waals surface area (Å²) in [7, 11) is 0. The quantitative estimate of drug-likeness (QED) is 0.812. The molecule has 0 saturated carbocycles. The van der Waals surface area contributed by atoms with Gasteiger partial charge in [-0.1, -0.05) is 0 Å². The van der Waals surface area contributed by atoms with Crippen molar-refractivity contribution < 1.29 is 4.79 Å². The van der Waals surface area contributed by atoms with E-state index in [1.165, 1.54) is 11.3 Å². The summed E-state index contributed by atoms with van der Waals surface area (Å²) in [6.45, 7) is 2.39. The van der Waals surface area contributed by atoms with Gasteiger partial charge in [0.05, 0.1) is 0 Å². The first kappa shape index (κ1) is 13.5. The van der Waals surface area contributed by atoms with Crippen LogP contribution >= 0.6 is 23.1 Å². The maximum absolute atomic E-state index is 11.7. The second-order valence-electron chi connectivity index (χ2n) is 3.49. The molecule has 0 radical (unpaired) electrons. The molecule has 4 nitrogen and oxygen atoms in total. The summed E-state index contributed by atoms with van der Waals surface area (Å²) in [5.74, 6) is 0.941. The van der Waals surface area contributed by atoms with Crippen LogP contribution in [0.4, 0.5) is 0 Å². The Morgan fingerprint density at radius 2 is 2.50 bits per heavy atom. The topological polar surface area (TPSA) is 68.0 Å². The molecule has 0 spiro atoms. The molecular weight excluding hydrogens is 242 g/mol. The zero-order valence-corrected chi connectivity index (χ0v) is 11.2. The van der Waals surface area contributed by atoms with Gasteiger partial charge in [0.1, 0.15) is 10.7 Å². The van der Waals surface area contributed by atoms with Crippen molar-refractivity contribution in [3.8, 4) is 0 Å². The van der Waals surface area contributed by atoms with Gasteiger partial charge in [0.15, 0.2) is 0 Å². The number of nitrogens with two attached hydrogens (primary N) is 1. The van der Waals surface area contributed by atoms with Crippen LogP contribution < -0.4 is 11.1 Å². The highest BCUT2D eigenvalue weighted by molar-refractivity contribution is 7.98. The van der Waals surface area contributed by atoms with Crippen molar-refractivity contribution in [2.75, 3.05) is 12.0 Å². The second kappa shape index (κ2) is 6.88. The highest BCUT2D eigenvalue weighted by Gasteiger charge is 2.12. The Bertz CT molecular complexity index is 341. The van der Waals surface area contributed by atoms with Crippen molar-refractivity contribution in [3.63, 3.8) is 0 Å². The Balaban J connectivity index is 2.45. The number of thiazole rings is 1. The molecule has 16 heavy (non-hydrogen) atoms. The first-order valence-electron chi connectivity index (χ1n) is 5.11. The molecule has 1 rings (SSSR count). The Labute approximate surface area is 104 Å². The molecule has 0 saturated heterocycles. The van der Waals surface area contributed by atoms with E-state index in [0.717, 1.165) is 17.2 Å².